The molecule has 0 spiro atoms. The highest BCUT2D eigenvalue weighted by Gasteiger charge is 2.02. The normalized spacial score (nSPS) is 11.5. The largest absolute Gasteiger partial charge is 0.245 e. The van der Waals surface area contributed by atoms with Gasteiger partial charge in [0.25, 0.3) is 0 Å². The first-order valence-electron chi connectivity index (χ1n) is 7.86. The van der Waals surface area contributed by atoms with Crippen LogP contribution in [0.3, 0.4) is 0 Å². The Hall–Kier alpha value is -2.23. The minimum absolute atomic E-state index is 0.564. The van der Waals surface area contributed by atoms with E-state index in [1.807, 2.05) is 19.9 Å². The van der Waals surface area contributed by atoms with Crippen LogP contribution in [0.2, 0.25) is 0 Å². The molecule has 116 valence electrons. The standard InChI is InChI=1S/C18H24N4/c1-5-8-17-11-13(3)19-18(20-17)22-21-14(4)16-10-7-9-15(6-2)12-16/h7,9-12H,5-6,8H2,1-4H3,(H,19,20,22). The fraction of sp³-hybridized carbons (Fsp3) is 0.389. The van der Waals surface area contributed by atoms with E-state index < -0.39 is 0 Å². The molecule has 4 heteroatoms. The topological polar surface area (TPSA) is 50.2 Å². The average molecular weight is 296 g/mol. The van der Waals surface area contributed by atoms with Crippen LogP contribution in [0.1, 0.15) is 49.7 Å². The van der Waals surface area contributed by atoms with Crippen LogP contribution >= 0.6 is 0 Å². The predicted octanol–water partition coefficient (Wildman–Crippen LogP) is 4.14. The number of hydrogen-bond donors (Lipinski definition) is 1. The molecule has 0 radical (unpaired) electrons. The van der Waals surface area contributed by atoms with Crippen molar-refractivity contribution in [2.45, 2.75) is 47.0 Å². The van der Waals surface area contributed by atoms with Crippen molar-refractivity contribution in [1.29, 1.82) is 0 Å². The zero-order valence-corrected chi connectivity index (χ0v) is 13.8. The van der Waals surface area contributed by atoms with Gasteiger partial charge in [-0.05, 0) is 49.9 Å². The van der Waals surface area contributed by atoms with Crippen molar-refractivity contribution < 1.29 is 0 Å². The summed E-state index contributed by atoms with van der Waals surface area (Å²) in [6.45, 7) is 8.27. The van der Waals surface area contributed by atoms with E-state index in [9.17, 15) is 0 Å². The summed E-state index contributed by atoms with van der Waals surface area (Å²) < 4.78 is 0. The van der Waals surface area contributed by atoms with Crippen LogP contribution in [0.15, 0.2) is 35.4 Å². The highest BCUT2D eigenvalue weighted by Crippen LogP contribution is 2.09. The summed E-state index contributed by atoms with van der Waals surface area (Å²) in [5, 5.41) is 4.42. The lowest BCUT2D eigenvalue weighted by Gasteiger charge is -2.06. The van der Waals surface area contributed by atoms with Crippen LogP contribution in [0.5, 0.6) is 0 Å². The second-order valence-corrected chi connectivity index (χ2v) is 5.44. The van der Waals surface area contributed by atoms with Crippen molar-refractivity contribution in [3.63, 3.8) is 0 Å². The number of hydrogen-bond acceptors (Lipinski definition) is 4. The van der Waals surface area contributed by atoms with Gasteiger partial charge in [-0.25, -0.2) is 15.4 Å². The van der Waals surface area contributed by atoms with Gasteiger partial charge in [0.05, 0.1) is 5.71 Å². The van der Waals surface area contributed by atoms with Gasteiger partial charge in [0.1, 0.15) is 0 Å². The number of benzene rings is 1. The van der Waals surface area contributed by atoms with E-state index in [4.69, 9.17) is 0 Å². The SMILES string of the molecule is CCCc1cc(C)nc(NN=C(C)c2cccc(CC)c2)n1. The quantitative estimate of drug-likeness (QED) is 0.644. The van der Waals surface area contributed by atoms with Crippen LogP contribution < -0.4 is 5.43 Å². The number of rotatable bonds is 6. The third-order valence-corrected chi connectivity index (χ3v) is 3.49. The van der Waals surface area contributed by atoms with Crippen LogP contribution in [-0.2, 0) is 12.8 Å². The molecule has 0 atom stereocenters. The van der Waals surface area contributed by atoms with Gasteiger partial charge in [-0.2, -0.15) is 5.10 Å². The Morgan fingerprint density at radius 2 is 2.00 bits per heavy atom. The smallest absolute Gasteiger partial charge is 0.243 e. The Bertz CT molecular complexity index is 662. The van der Waals surface area contributed by atoms with Crippen molar-refractivity contribution in [3.8, 4) is 0 Å². The molecule has 0 bridgehead atoms. The minimum Gasteiger partial charge on any atom is -0.245 e. The van der Waals surface area contributed by atoms with E-state index in [1.165, 1.54) is 5.56 Å². The molecule has 0 fully saturated rings. The molecule has 4 nitrogen and oxygen atoms in total. The maximum absolute atomic E-state index is 4.49. The van der Waals surface area contributed by atoms with E-state index in [0.717, 1.165) is 41.9 Å². The van der Waals surface area contributed by atoms with E-state index >= 15 is 0 Å². The second-order valence-electron chi connectivity index (χ2n) is 5.44. The third-order valence-electron chi connectivity index (χ3n) is 3.49. The van der Waals surface area contributed by atoms with Crippen LogP contribution in [0, 0.1) is 6.92 Å². The van der Waals surface area contributed by atoms with Crippen molar-refractivity contribution in [1.82, 2.24) is 9.97 Å². The summed E-state index contributed by atoms with van der Waals surface area (Å²) in [7, 11) is 0. The van der Waals surface area contributed by atoms with Crippen molar-refractivity contribution >= 4 is 11.7 Å². The molecule has 0 aliphatic carbocycles. The second kappa shape index (κ2) is 7.69. The fourth-order valence-electron chi connectivity index (χ4n) is 2.28. The van der Waals surface area contributed by atoms with E-state index in [0.29, 0.717) is 5.95 Å². The first-order valence-corrected chi connectivity index (χ1v) is 7.86. The zero-order valence-electron chi connectivity index (χ0n) is 13.8. The Morgan fingerprint density at radius 3 is 2.73 bits per heavy atom. The summed E-state index contributed by atoms with van der Waals surface area (Å²) in [6.07, 6.45) is 3.05. The van der Waals surface area contributed by atoms with Crippen LogP contribution in [-0.4, -0.2) is 15.7 Å². The summed E-state index contributed by atoms with van der Waals surface area (Å²) in [6, 6.07) is 10.5. The molecule has 2 aromatic rings. The van der Waals surface area contributed by atoms with Gasteiger partial charge < -0.3 is 0 Å². The molecule has 1 aromatic heterocycles. The Balaban J connectivity index is 2.16. The predicted molar refractivity (Wildman–Crippen MR) is 92.4 cm³/mol. The third kappa shape index (κ3) is 4.38. The maximum atomic E-state index is 4.49. The van der Waals surface area contributed by atoms with Gasteiger partial charge in [-0.3, -0.25) is 0 Å². The van der Waals surface area contributed by atoms with Crippen LogP contribution in [0.4, 0.5) is 5.95 Å². The maximum Gasteiger partial charge on any atom is 0.243 e. The van der Waals surface area contributed by atoms with Gasteiger partial charge in [0.15, 0.2) is 0 Å². The lowest BCUT2D eigenvalue weighted by molar-refractivity contribution is 0.866. The molecule has 22 heavy (non-hydrogen) atoms. The molecule has 1 N–H and O–H groups in total. The van der Waals surface area contributed by atoms with Crippen molar-refractivity contribution in [2.24, 2.45) is 5.10 Å². The summed E-state index contributed by atoms with van der Waals surface area (Å²) in [4.78, 5) is 8.88. The van der Waals surface area contributed by atoms with Crippen molar-refractivity contribution in [2.75, 3.05) is 5.43 Å². The van der Waals surface area contributed by atoms with Gasteiger partial charge >= 0.3 is 0 Å². The molecular weight excluding hydrogens is 272 g/mol. The molecule has 1 heterocycles. The fourth-order valence-corrected chi connectivity index (χ4v) is 2.28. The molecular formula is C18H24N4. The van der Waals surface area contributed by atoms with E-state index in [2.05, 4.69) is 58.6 Å². The van der Waals surface area contributed by atoms with Gasteiger partial charge in [-0.1, -0.05) is 38.5 Å². The Morgan fingerprint density at radius 1 is 1.18 bits per heavy atom. The Labute approximate surface area is 132 Å². The summed E-state index contributed by atoms with van der Waals surface area (Å²) in [5.41, 5.74) is 8.36. The number of nitrogens with one attached hydrogen (secondary N) is 1. The van der Waals surface area contributed by atoms with Gasteiger partial charge in [0, 0.05) is 11.4 Å². The van der Waals surface area contributed by atoms with Gasteiger partial charge in [-0.15, -0.1) is 0 Å². The molecule has 0 aliphatic heterocycles. The lowest BCUT2D eigenvalue weighted by atomic mass is 10.1. The van der Waals surface area contributed by atoms with Crippen LogP contribution in [0.25, 0.3) is 0 Å². The number of nitrogens with zero attached hydrogens (tertiary/aromatic N) is 3. The number of aromatic nitrogens is 2. The molecule has 0 aliphatic rings. The highest BCUT2D eigenvalue weighted by molar-refractivity contribution is 5.99. The highest BCUT2D eigenvalue weighted by atomic mass is 15.4. The molecule has 0 amide bonds. The molecule has 2 rings (SSSR count). The number of anilines is 1. The van der Waals surface area contributed by atoms with E-state index in [1.54, 1.807) is 0 Å². The molecule has 0 saturated carbocycles. The zero-order chi connectivity index (χ0) is 15.9. The minimum atomic E-state index is 0.564. The Kier molecular flexibility index (Phi) is 5.64. The first kappa shape index (κ1) is 16.1. The first-order chi connectivity index (χ1) is 10.6. The summed E-state index contributed by atoms with van der Waals surface area (Å²) >= 11 is 0. The number of hydrazone groups is 1. The molecule has 0 saturated heterocycles. The van der Waals surface area contributed by atoms with E-state index in [-0.39, 0.29) is 0 Å². The summed E-state index contributed by atoms with van der Waals surface area (Å²) in [5.74, 6) is 0.564. The van der Waals surface area contributed by atoms with Gasteiger partial charge in [0.2, 0.25) is 5.95 Å². The lowest BCUT2D eigenvalue weighted by Crippen LogP contribution is -2.05. The monoisotopic (exact) mass is 296 g/mol. The molecule has 0 unspecified atom stereocenters. The van der Waals surface area contributed by atoms with Crippen molar-refractivity contribution in [3.05, 3.63) is 52.8 Å². The number of aryl methyl sites for hydroxylation is 3. The average Bonchev–Trinajstić information content (AvgIpc) is 2.52. The molecule has 1 aromatic carbocycles.